The van der Waals surface area contributed by atoms with Crippen LogP contribution < -0.4 is 5.73 Å². The highest BCUT2D eigenvalue weighted by Crippen LogP contribution is 2.36. The first-order chi connectivity index (χ1) is 11.5. The van der Waals surface area contributed by atoms with Crippen LogP contribution in [-0.2, 0) is 0 Å². The van der Waals surface area contributed by atoms with E-state index >= 15 is 0 Å². The number of azo groups is 1. The maximum absolute atomic E-state index is 10.9. The number of carboxylic acid groups (broad SMARTS) is 1. The molecule has 3 aromatic carbocycles. The summed E-state index contributed by atoms with van der Waals surface area (Å²) in [6.07, 6.45) is 0. The van der Waals surface area contributed by atoms with Crippen molar-refractivity contribution >= 4 is 33.8 Å². The lowest BCUT2D eigenvalue weighted by Crippen LogP contribution is -1.94. The number of anilines is 1. The highest BCUT2D eigenvalue weighted by atomic mass is 16.4. The maximum atomic E-state index is 10.9. The molecule has 0 saturated carbocycles. The third-order valence-corrected chi connectivity index (χ3v) is 3.49. The number of fused-ring (bicyclic) bond motifs is 1. The highest BCUT2D eigenvalue weighted by Gasteiger charge is 2.09. The molecular weight excluding hydrogens is 310 g/mol. The molecule has 3 aromatic rings. The lowest BCUT2D eigenvalue weighted by molar-refractivity contribution is 0.0696. The number of nitrogen functional groups attached to an aromatic ring is 1. The zero-order chi connectivity index (χ0) is 17.3. The van der Waals surface area contributed by atoms with E-state index in [4.69, 9.17) is 10.8 Å². The number of benzene rings is 3. The van der Waals surface area contributed by atoms with Gasteiger partial charge in [-0.3, -0.25) is 0 Å². The molecule has 0 unspecified atom stereocenters. The van der Waals surface area contributed by atoms with E-state index in [-0.39, 0.29) is 22.7 Å². The molecule has 0 fully saturated rings. The van der Waals surface area contributed by atoms with Gasteiger partial charge in [0.1, 0.15) is 22.9 Å². The summed E-state index contributed by atoms with van der Waals surface area (Å²) < 4.78 is 0. The molecule has 0 aliphatic carbocycles. The van der Waals surface area contributed by atoms with E-state index in [0.717, 1.165) is 11.5 Å². The molecule has 5 N–H and O–H groups in total. The van der Waals surface area contributed by atoms with E-state index in [9.17, 15) is 15.0 Å². The van der Waals surface area contributed by atoms with Gasteiger partial charge < -0.3 is 21.1 Å². The molecule has 0 spiro atoms. The standard InChI is InChI=1S/C17H13N3O4/c18-13-5-2-9-1-4-11(21)8-12(9)16(13)20-19-14-6-3-10(17(23)24)7-15(14)22/h1-8,21-22H,18H2,(H,23,24). The second kappa shape index (κ2) is 5.88. The van der Waals surface area contributed by atoms with E-state index in [1.165, 1.54) is 18.2 Å². The Labute approximate surface area is 136 Å². The molecule has 0 bridgehead atoms. The van der Waals surface area contributed by atoms with E-state index in [1.54, 1.807) is 24.3 Å². The number of phenolic OH excluding ortho intramolecular Hbond substituents is 2. The van der Waals surface area contributed by atoms with Crippen molar-refractivity contribution in [1.29, 1.82) is 0 Å². The summed E-state index contributed by atoms with van der Waals surface area (Å²) in [5, 5.41) is 37.8. The van der Waals surface area contributed by atoms with Gasteiger partial charge >= 0.3 is 5.97 Å². The Morgan fingerprint density at radius 3 is 2.42 bits per heavy atom. The molecule has 7 nitrogen and oxygen atoms in total. The molecule has 0 aliphatic heterocycles. The Hall–Kier alpha value is -3.61. The topological polar surface area (TPSA) is 128 Å². The van der Waals surface area contributed by atoms with Crippen LogP contribution in [0.4, 0.5) is 17.1 Å². The number of carboxylic acids is 1. The average molecular weight is 323 g/mol. The zero-order valence-electron chi connectivity index (χ0n) is 12.3. The van der Waals surface area contributed by atoms with E-state index in [2.05, 4.69) is 10.2 Å². The monoisotopic (exact) mass is 323 g/mol. The summed E-state index contributed by atoms with van der Waals surface area (Å²) in [5.41, 5.74) is 6.69. The maximum Gasteiger partial charge on any atom is 0.335 e. The van der Waals surface area contributed by atoms with Gasteiger partial charge in [0.05, 0.1) is 11.3 Å². The van der Waals surface area contributed by atoms with Crippen LogP contribution in [-0.4, -0.2) is 21.3 Å². The van der Waals surface area contributed by atoms with Crippen molar-refractivity contribution in [2.24, 2.45) is 10.2 Å². The van der Waals surface area contributed by atoms with E-state index in [1.807, 2.05) is 0 Å². The Morgan fingerprint density at radius 1 is 0.958 bits per heavy atom. The van der Waals surface area contributed by atoms with Crippen LogP contribution in [0.15, 0.2) is 58.8 Å². The van der Waals surface area contributed by atoms with Crippen LogP contribution >= 0.6 is 0 Å². The van der Waals surface area contributed by atoms with Crippen molar-refractivity contribution in [2.45, 2.75) is 0 Å². The zero-order valence-corrected chi connectivity index (χ0v) is 12.3. The first kappa shape index (κ1) is 15.3. The van der Waals surface area contributed by atoms with Crippen LogP contribution in [0, 0.1) is 0 Å². The van der Waals surface area contributed by atoms with Crippen LogP contribution in [0.5, 0.6) is 11.5 Å². The second-order valence-electron chi connectivity index (χ2n) is 5.12. The molecule has 7 heteroatoms. The Balaban J connectivity index is 2.06. The Kier molecular flexibility index (Phi) is 3.75. The number of aromatic carboxylic acids is 1. The third-order valence-electron chi connectivity index (χ3n) is 3.49. The number of carbonyl (C=O) groups is 1. The van der Waals surface area contributed by atoms with Crippen LogP contribution in [0.1, 0.15) is 10.4 Å². The average Bonchev–Trinajstić information content (AvgIpc) is 2.54. The predicted octanol–water partition coefficient (Wildman–Crippen LogP) is 3.95. The molecule has 0 amide bonds. The largest absolute Gasteiger partial charge is 0.508 e. The van der Waals surface area contributed by atoms with Gasteiger partial charge in [0.2, 0.25) is 0 Å². The summed E-state index contributed by atoms with van der Waals surface area (Å²) >= 11 is 0. The summed E-state index contributed by atoms with van der Waals surface area (Å²) in [6.45, 7) is 0. The third kappa shape index (κ3) is 2.82. The summed E-state index contributed by atoms with van der Waals surface area (Å²) in [7, 11) is 0. The number of hydrogen-bond acceptors (Lipinski definition) is 6. The fourth-order valence-corrected chi connectivity index (χ4v) is 2.27. The number of phenols is 2. The minimum Gasteiger partial charge on any atom is -0.508 e. The SMILES string of the molecule is Nc1ccc2ccc(O)cc2c1N=Nc1ccc(C(=O)O)cc1O. The minimum absolute atomic E-state index is 0.0546. The highest BCUT2D eigenvalue weighted by molar-refractivity contribution is 5.98. The van der Waals surface area contributed by atoms with Gasteiger partial charge in [-0.25, -0.2) is 4.79 Å². The minimum atomic E-state index is -1.15. The number of aromatic hydroxyl groups is 2. The molecule has 0 saturated heterocycles. The molecule has 3 rings (SSSR count). The number of nitrogens with zero attached hydrogens (tertiary/aromatic N) is 2. The molecule has 120 valence electrons. The van der Waals surface area contributed by atoms with Gasteiger partial charge in [0.25, 0.3) is 0 Å². The quantitative estimate of drug-likeness (QED) is 0.428. The Bertz CT molecular complexity index is 978. The second-order valence-corrected chi connectivity index (χ2v) is 5.12. The molecule has 0 aliphatic rings. The predicted molar refractivity (Wildman–Crippen MR) is 89.3 cm³/mol. The van der Waals surface area contributed by atoms with E-state index in [0.29, 0.717) is 16.8 Å². The van der Waals surface area contributed by atoms with Crippen molar-refractivity contribution in [3.05, 3.63) is 54.1 Å². The van der Waals surface area contributed by atoms with Gasteiger partial charge in [-0.1, -0.05) is 12.1 Å². The molecule has 0 aromatic heterocycles. The van der Waals surface area contributed by atoms with Gasteiger partial charge in [0.15, 0.2) is 0 Å². The number of nitrogens with two attached hydrogens (primary N) is 1. The smallest absolute Gasteiger partial charge is 0.335 e. The summed E-state index contributed by atoms with van der Waals surface area (Å²) in [6, 6.07) is 12.0. The first-order valence-corrected chi connectivity index (χ1v) is 6.95. The first-order valence-electron chi connectivity index (χ1n) is 6.95. The summed E-state index contributed by atoms with van der Waals surface area (Å²) in [4.78, 5) is 10.9. The van der Waals surface area contributed by atoms with Crippen molar-refractivity contribution < 1.29 is 20.1 Å². The number of hydrogen-bond donors (Lipinski definition) is 4. The fourth-order valence-electron chi connectivity index (χ4n) is 2.27. The lowest BCUT2D eigenvalue weighted by atomic mass is 10.1. The van der Waals surface area contributed by atoms with Crippen LogP contribution in [0.3, 0.4) is 0 Å². The summed E-state index contributed by atoms with van der Waals surface area (Å²) in [5.74, 6) is -1.39. The van der Waals surface area contributed by atoms with Gasteiger partial charge in [0, 0.05) is 5.39 Å². The van der Waals surface area contributed by atoms with Crippen molar-refractivity contribution in [2.75, 3.05) is 5.73 Å². The van der Waals surface area contributed by atoms with E-state index < -0.39 is 5.97 Å². The van der Waals surface area contributed by atoms with Gasteiger partial charge in [-0.05, 0) is 41.8 Å². The molecule has 0 atom stereocenters. The molecule has 0 radical (unpaired) electrons. The number of rotatable bonds is 3. The van der Waals surface area contributed by atoms with Crippen LogP contribution in [0.25, 0.3) is 10.8 Å². The van der Waals surface area contributed by atoms with Crippen molar-refractivity contribution in [3.63, 3.8) is 0 Å². The van der Waals surface area contributed by atoms with Crippen LogP contribution in [0.2, 0.25) is 0 Å². The van der Waals surface area contributed by atoms with Gasteiger partial charge in [-0.2, -0.15) is 0 Å². The van der Waals surface area contributed by atoms with Crippen molar-refractivity contribution in [3.8, 4) is 11.5 Å². The van der Waals surface area contributed by atoms with Gasteiger partial charge in [-0.15, -0.1) is 10.2 Å². The molecular formula is C17H13N3O4. The normalized spacial score (nSPS) is 11.2. The molecule has 0 heterocycles. The van der Waals surface area contributed by atoms with Crippen molar-refractivity contribution in [1.82, 2.24) is 0 Å². The fraction of sp³-hybridized carbons (Fsp3) is 0. The lowest BCUT2D eigenvalue weighted by Gasteiger charge is -2.06. The Morgan fingerprint density at radius 2 is 1.71 bits per heavy atom. The molecule has 24 heavy (non-hydrogen) atoms.